The summed E-state index contributed by atoms with van der Waals surface area (Å²) in [6.45, 7) is 1.27. The van der Waals surface area contributed by atoms with Gasteiger partial charge in [-0.1, -0.05) is 166 Å². The third kappa shape index (κ3) is 4.76. The van der Waals surface area contributed by atoms with Gasteiger partial charge < -0.3 is 11.5 Å². The first-order valence-corrected chi connectivity index (χ1v) is 22.2. The minimum absolute atomic E-state index is 0.0588. The van der Waals surface area contributed by atoms with E-state index in [1.165, 1.54) is 110 Å². The van der Waals surface area contributed by atoms with Gasteiger partial charge in [-0.3, -0.25) is 4.57 Å². The van der Waals surface area contributed by atoms with Crippen molar-refractivity contribution in [1.82, 2.24) is 14.5 Å². The first kappa shape index (κ1) is 35.3. The van der Waals surface area contributed by atoms with Crippen molar-refractivity contribution in [3.8, 4) is 50.5 Å². The molecule has 0 fully saturated rings. The molecule has 4 heterocycles. The molecule has 0 saturated heterocycles. The maximum absolute atomic E-state index is 6.54. The summed E-state index contributed by atoms with van der Waals surface area (Å²) >= 11 is 0. The first-order chi connectivity index (χ1) is 31.2. The van der Waals surface area contributed by atoms with Crippen molar-refractivity contribution in [1.29, 1.82) is 0 Å². The van der Waals surface area contributed by atoms with E-state index in [4.69, 9.17) is 21.4 Å². The van der Waals surface area contributed by atoms with Crippen molar-refractivity contribution in [3.05, 3.63) is 198 Å². The number of rotatable bonds is 5. The van der Waals surface area contributed by atoms with Crippen molar-refractivity contribution in [2.24, 2.45) is 11.5 Å². The van der Waals surface area contributed by atoms with Crippen molar-refractivity contribution >= 4 is 68.0 Å². The Balaban J connectivity index is 0.962. The molecular formula is C56H39B2N5. The largest absolute Gasteiger partial charge is 0.330 e. The second-order valence-corrected chi connectivity index (χ2v) is 17.8. The lowest BCUT2D eigenvalue weighted by atomic mass is 9.38. The van der Waals surface area contributed by atoms with Crippen molar-refractivity contribution in [2.45, 2.75) is 11.8 Å². The molecule has 2 atom stereocenters. The zero-order chi connectivity index (χ0) is 41.5. The van der Waals surface area contributed by atoms with Gasteiger partial charge in [0.1, 0.15) is 0 Å². The Bertz CT molecular complexity index is 3380. The Morgan fingerprint density at radius 1 is 0.397 bits per heavy atom. The van der Waals surface area contributed by atoms with Crippen LogP contribution in [0.15, 0.2) is 176 Å². The number of aromatic nitrogens is 3. The molecule has 10 aromatic rings. The normalized spacial score (nSPS) is 15.8. The number of fused-ring (bicyclic) bond motifs is 15. The Labute approximate surface area is 366 Å². The minimum atomic E-state index is 0.0588. The molecule has 294 valence electrons. The van der Waals surface area contributed by atoms with E-state index < -0.39 is 0 Å². The molecule has 8 aromatic carbocycles. The molecule has 7 heteroatoms. The monoisotopic (exact) mass is 803 g/mol. The predicted molar refractivity (Wildman–Crippen MR) is 262 cm³/mol. The van der Waals surface area contributed by atoms with Gasteiger partial charge in [0.25, 0.3) is 0 Å². The molecule has 2 aliphatic heterocycles. The van der Waals surface area contributed by atoms with E-state index in [1.54, 1.807) is 0 Å². The summed E-state index contributed by atoms with van der Waals surface area (Å²) in [6.07, 6.45) is 3.69. The van der Waals surface area contributed by atoms with Crippen molar-refractivity contribution < 1.29 is 0 Å². The highest BCUT2D eigenvalue weighted by Crippen LogP contribution is 2.47. The molecule has 0 amide bonds. The van der Waals surface area contributed by atoms with E-state index in [-0.39, 0.29) is 25.3 Å². The van der Waals surface area contributed by atoms with Crippen LogP contribution in [0.2, 0.25) is 0 Å². The van der Waals surface area contributed by atoms with Gasteiger partial charge in [0.2, 0.25) is 19.4 Å². The van der Waals surface area contributed by atoms with Gasteiger partial charge >= 0.3 is 0 Å². The summed E-state index contributed by atoms with van der Waals surface area (Å²) in [6, 6.07) is 61.4. The zero-order valence-corrected chi connectivity index (χ0v) is 34.5. The van der Waals surface area contributed by atoms with Gasteiger partial charge in [-0.05, 0) is 97.1 Å². The lowest BCUT2D eigenvalue weighted by molar-refractivity contribution is 0.842. The summed E-state index contributed by atoms with van der Waals surface area (Å²) in [4.78, 5) is 9.80. The Kier molecular flexibility index (Phi) is 7.34. The molecular weight excluding hydrogens is 764 g/mol. The highest BCUT2D eigenvalue weighted by atomic mass is 15.1. The van der Waals surface area contributed by atoms with Crippen molar-refractivity contribution in [3.63, 3.8) is 0 Å². The fourth-order valence-corrected chi connectivity index (χ4v) is 12.3. The third-order valence-electron chi connectivity index (χ3n) is 14.9. The molecule has 2 unspecified atom stereocenters. The predicted octanol–water partition coefficient (Wildman–Crippen LogP) is 6.71. The zero-order valence-electron chi connectivity index (χ0n) is 34.5. The smallest absolute Gasteiger partial charge is 0.242 e. The fourth-order valence-electron chi connectivity index (χ4n) is 12.3. The number of nitrogens with zero attached hydrogens (tertiary/aromatic N) is 3. The first-order valence-electron chi connectivity index (χ1n) is 22.2. The van der Waals surface area contributed by atoms with Crippen LogP contribution < -0.4 is 44.2 Å². The Morgan fingerprint density at radius 2 is 0.841 bits per heavy atom. The number of hydrogen-bond donors (Lipinski definition) is 2. The summed E-state index contributed by atoms with van der Waals surface area (Å²) in [7, 11) is 0. The van der Waals surface area contributed by atoms with E-state index in [9.17, 15) is 0 Å². The van der Waals surface area contributed by atoms with E-state index in [2.05, 4.69) is 162 Å². The van der Waals surface area contributed by atoms with E-state index >= 15 is 0 Å². The fraction of sp³-hybridized carbons (Fsp3) is 0.0714. The third-order valence-corrected chi connectivity index (χ3v) is 14.9. The van der Waals surface area contributed by atoms with Gasteiger partial charge in [0.05, 0.1) is 11.0 Å². The molecule has 4 N–H and O–H groups in total. The highest BCUT2D eigenvalue weighted by Gasteiger charge is 2.40. The maximum atomic E-state index is 6.54. The molecule has 4 aliphatic rings. The van der Waals surface area contributed by atoms with Crippen molar-refractivity contribution in [2.75, 3.05) is 13.1 Å². The van der Waals surface area contributed by atoms with Crippen LogP contribution in [0.4, 0.5) is 0 Å². The summed E-state index contributed by atoms with van der Waals surface area (Å²) in [5.74, 6) is 1.02. The quantitative estimate of drug-likeness (QED) is 0.190. The van der Waals surface area contributed by atoms with Crippen LogP contribution >= 0.6 is 0 Å². The average molecular weight is 804 g/mol. The van der Waals surface area contributed by atoms with Gasteiger partial charge in [-0.2, -0.15) is 0 Å². The van der Waals surface area contributed by atoms with Gasteiger partial charge in [-0.25, -0.2) is 9.97 Å². The highest BCUT2D eigenvalue weighted by molar-refractivity contribution is 7.00. The maximum Gasteiger partial charge on any atom is 0.242 e. The molecule has 63 heavy (non-hydrogen) atoms. The number of nitrogens with two attached hydrogens (primary N) is 2. The summed E-state index contributed by atoms with van der Waals surface area (Å²) in [5, 5.41) is 2.36. The molecule has 0 saturated carbocycles. The Morgan fingerprint density at radius 3 is 1.32 bits per heavy atom. The van der Waals surface area contributed by atoms with Crippen LogP contribution in [0, 0.1) is 0 Å². The van der Waals surface area contributed by atoms with Gasteiger partial charge in [-0.15, -0.1) is 0 Å². The van der Waals surface area contributed by atoms with Crippen LogP contribution in [0.5, 0.6) is 0 Å². The van der Waals surface area contributed by atoms with Crippen LogP contribution in [-0.4, -0.2) is 41.1 Å². The topological polar surface area (TPSA) is 82.8 Å². The lowest BCUT2D eigenvalue weighted by Gasteiger charge is -2.16. The molecule has 0 bridgehead atoms. The lowest BCUT2D eigenvalue weighted by Crippen LogP contribution is -2.49. The van der Waals surface area contributed by atoms with E-state index in [1.807, 2.05) is 18.5 Å². The average Bonchev–Trinajstić information content (AvgIpc) is 4.11. The van der Waals surface area contributed by atoms with E-state index in [0.29, 0.717) is 19.0 Å². The van der Waals surface area contributed by atoms with Crippen LogP contribution in [0.25, 0.3) is 72.3 Å². The Hall–Kier alpha value is -7.31. The molecule has 5 nitrogen and oxygen atoms in total. The molecule has 0 radical (unpaired) electrons. The minimum Gasteiger partial charge on any atom is -0.330 e. The molecule has 2 aromatic heterocycles. The van der Waals surface area contributed by atoms with Crippen LogP contribution in [-0.2, 0) is 0 Å². The summed E-state index contributed by atoms with van der Waals surface area (Å²) in [5.41, 5.74) is 38.9. The van der Waals surface area contributed by atoms with Gasteiger partial charge in [0, 0.05) is 48.1 Å². The number of hydrogen-bond acceptors (Lipinski definition) is 4. The second kappa shape index (κ2) is 13.1. The van der Waals surface area contributed by atoms with E-state index in [0.717, 1.165) is 11.0 Å². The van der Waals surface area contributed by atoms with Crippen LogP contribution in [0.1, 0.15) is 34.1 Å². The second-order valence-electron chi connectivity index (χ2n) is 17.8. The number of benzene rings is 8. The molecule has 14 rings (SSSR count). The molecule has 0 spiro atoms. The van der Waals surface area contributed by atoms with Crippen LogP contribution in [0.3, 0.4) is 0 Å². The molecule has 2 aliphatic carbocycles. The SMILES string of the molecule is NCC1c2ccccc2-c2cc3c(cc21)B(c1ccc2c4ccc(B5c6ccccc6-c6cc7c(cc65)C(CN)c5ccccc5-7)cc4n(-c4ncccn4)c2c1)c1ccccc1-3. The standard InChI is InChI=1S/C56H39B2N5/c59-30-48-36-12-3-1-10-34(36)42-26-46-38-14-5-7-16-50(38)57(52(46)28-44(42)48)32-18-20-40-41-21-19-33(25-55(41)63(54(40)24-32)56-61-22-9-23-62-56)58-51-17-8-6-15-39(51)47-27-43-35-11-2-4-13-37(35)49(31-60)45(43)29-53(47)58/h1-29,48-49H,30-31,59-60H2. The summed E-state index contributed by atoms with van der Waals surface area (Å²) < 4.78 is 2.29. The van der Waals surface area contributed by atoms with Gasteiger partial charge in [0.15, 0.2) is 0 Å².